The summed E-state index contributed by atoms with van der Waals surface area (Å²) in [4.78, 5) is 30.6. The van der Waals surface area contributed by atoms with E-state index in [1.807, 2.05) is 30.3 Å². The zero-order valence-electron chi connectivity index (χ0n) is 12.8. The summed E-state index contributed by atoms with van der Waals surface area (Å²) >= 11 is 0. The second-order valence-corrected chi connectivity index (χ2v) is 5.84. The number of nitrogens with one attached hydrogen (secondary N) is 1. The summed E-state index contributed by atoms with van der Waals surface area (Å²) in [5.74, 6) is 0.0261. The van der Waals surface area contributed by atoms with Crippen molar-refractivity contribution in [2.75, 3.05) is 19.6 Å². The Hall–Kier alpha value is -2.43. The molecule has 0 atom stereocenters. The van der Waals surface area contributed by atoms with Crippen LogP contribution in [0.15, 0.2) is 30.3 Å². The highest BCUT2D eigenvalue weighted by Crippen LogP contribution is 2.23. The molecule has 0 saturated carbocycles. The number of fused-ring (bicyclic) bond motifs is 1. The van der Waals surface area contributed by atoms with Gasteiger partial charge in [-0.2, -0.15) is 0 Å². The van der Waals surface area contributed by atoms with Crippen molar-refractivity contribution in [2.45, 2.75) is 19.8 Å². The Bertz CT molecular complexity index is 740. The molecule has 0 bridgehead atoms. The molecule has 1 aliphatic rings. The van der Waals surface area contributed by atoms with E-state index in [-0.39, 0.29) is 24.3 Å². The zero-order valence-corrected chi connectivity index (χ0v) is 12.8. The van der Waals surface area contributed by atoms with Gasteiger partial charge in [0.2, 0.25) is 5.91 Å². The number of carbonyl (C=O) groups is 2. The van der Waals surface area contributed by atoms with Crippen molar-refractivity contribution in [1.82, 2.24) is 15.2 Å². The van der Waals surface area contributed by atoms with Gasteiger partial charge in [-0.05, 0) is 18.1 Å². The van der Waals surface area contributed by atoms with Crippen LogP contribution in [0.1, 0.15) is 35.8 Å². The van der Waals surface area contributed by atoms with Gasteiger partial charge < -0.3 is 10.2 Å². The lowest BCUT2D eigenvalue weighted by Crippen LogP contribution is -2.50. The van der Waals surface area contributed by atoms with E-state index in [0.717, 1.165) is 16.6 Å². The number of nitrogens with zero attached hydrogens (tertiary/aromatic N) is 2. The van der Waals surface area contributed by atoms with Gasteiger partial charge in [-0.1, -0.05) is 32.0 Å². The van der Waals surface area contributed by atoms with E-state index >= 15 is 0 Å². The van der Waals surface area contributed by atoms with Crippen LogP contribution in [0.5, 0.6) is 0 Å². The quantitative estimate of drug-likeness (QED) is 0.921. The average Bonchev–Trinajstić information content (AvgIpc) is 2.53. The van der Waals surface area contributed by atoms with Crippen LogP contribution in [0, 0.1) is 0 Å². The van der Waals surface area contributed by atoms with E-state index in [0.29, 0.717) is 18.7 Å². The van der Waals surface area contributed by atoms with Crippen LogP contribution >= 0.6 is 0 Å². The molecule has 1 N–H and O–H groups in total. The van der Waals surface area contributed by atoms with Crippen molar-refractivity contribution in [3.63, 3.8) is 0 Å². The molecule has 1 aliphatic heterocycles. The number of pyridine rings is 1. The Morgan fingerprint density at radius 3 is 2.82 bits per heavy atom. The smallest absolute Gasteiger partial charge is 0.255 e. The van der Waals surface area contributed by atoms with Gasteiger partial charge in [-0.3, -0.25) is 14.6 Å². The molecule has 22 heavy (non-hydrogen) atoms. The molecule has 2 aromatic rings. The molecule has 1 fully saturated rings. The number of rotatable bonds is 2. The number of carbonyl (C=O) groups excluding carboxylic acids is 2. The van der Waals surface area contributed by atoms with Gasteiger partial charge in [0.05, 0.1) is 17.6 Å². The number of hydrogen-bond donors (Lipinski definition) is 1. The highest BCUT2D eigenvalue weighted by molar-refractivity contribution is 6.07. The molecule has 0 radical (unpaired) electrons. The van der Waals surface area contributed by atoms with E-state index in [4.69, 9.17) is 0 Å². The van der Waals surface area contributed by atoms with Crippen molar-refractivity contribution >= 4 is 22.7 Å². The normalized spacial score (nSPS) is 15.2. The van der Waals surface area contributed by atoms with Crippen LogP contribution in [-0.4, -0.2) is 41.3 Å². The Morgan fingerprint density at radius 2 is 2.09 bits per heavy atom. The predicted molar refractivity (Wildman–Crippen MR) is 84.7 cm³/mol. The molecule has 5 nitrogen and oxygen atoms in total. The van der Waals surface area contributed by atoms with Gasteiger partial charge >= 0.3 is 0 Å². The van der Waals surface area contributed by atoms with Gasteiger partial charge in [-0.25, -0.2) is 0 Å². The molecule has 0 spiro atoms. The molecular weight excluding hydrogens is 278 g/mol. The highest BCUT2D eigenvalue weighted by atomic mass is 16.2. The molecule has 114 valence electrons. The third kappa shape index (κ3) is 2.66. The Morgan fingerprint density at radius 1 is 1.32 bits per heavy atom. The van der Waals surface area contributed by atoms with Crippen molar-refractivity contribution in [2.24, 2.45) is 0 Å². The predicted octanol–water partition coefficient (Wildman–Crippen LogP) is 1.93. The zero-order chi connectivity index (χ0) is 15.7. The number of para-hydroxylation sites is 1. The van der Waals surface area contributed by atoms with E-state index in [9.17, 15) is 9.59 Å². The fourth-order valence-electron chi connectivity index (χ4n) is 2.65. The average molecular weight is 297 g/mol. The topological polar surface area (TPSA) is 62.3 Å². The molecule has 2 heterocycles. The van der Waals surface area contributed by atoms with Crippen LogP contribution in [0.3, 0.4) is 0 Å². The Balaban J connectivity index is 2.08. The Kier molecular flexibility index (Phi) is 3.79. The summed E-state index contributed by atoms with van der Waals surface area (Å²) in [6.45, 7) is 5.27. The number of benzene rings is 1. The lowest BCUT2D eigenvalue weighted by molar-refractivity contribution is -0.123. The van der Waals surface area contributed by atoms with Crippen LogP contribution in [0.2, 0.25) is 0 Å². The first-order chi connectivity index (χ1) is 10.6. The second-order valence-electron chi connectivity index (χ2n) is 5.84. The lowest BCUT2D eigenvalue weighted by Gasteiger charge is -2.27. The number of piperazine rings is 1. The Labute approximate surface area is 129 Å². The maximum atomic E-state index is 12.9. The third-order valence-electron chi connectivity index (χ3n) is 3.88. The molecule has 0 aliphatic carbocycles. The van der Waals surface area contributed by atoms with Gasteiger partial charge in [0.1, 0.15) is 0 Å². The molecule has 5 heteroatoms. The van der Waals surface area contributed by atoms with E-state index in [1.54, 1.807) is 4.90 Å². The molecule has 1 aromatic carbocycles. The largest absolute Gasteiger partial charge is 0.353 e. The first kappa shape index (κ1) is 14.5. The van der Waals surface area contributed by atoms with Gasteiger partial charge in [0.25, 0.3) is 5.91 Å². The van der Waals surface area contributed by atoms with Crippen molar-refractivity contribution in [3.8, 4) is 0 Å². The van der Waals surface area contributed by atoms with Gasteiger partial charge in [-0.15, -0.1) is 0 Å². The lowest BCUT2D eigenvalue weighted by atomic mass is 10.0. The fourth-order valence-corrected chi connectivity index (χ4v) is 2.65. The molecule has 2 amide bonds. The molecule has 0 unspecified atom stereocenters. The first-order valence-corrected chi connectivity index (χ1v) is 7.52. The number of amides is 2. The van der Waals surface area contributed by atoms with E-state index < -0.39 is 0 Å². The number of aromatic nitrogens is 1. The number of hydrogen-bond acceptors (Lipinski definition) is 3. The van der Waals surface area contributed by atoms with Crippen LogP contribution < -0.4 is 5.32 Å². The van der Waals surface area contributed by atoms with Gasteiger partial charge in [0, 0.05) is 24.2 Å². The summed E-state index contributed by atoms with van der Waals surface area (Å²) in [5, 5.41) is 3.58. The summed E-state index contributed by atoms with van der Waals surface area (Å²) in [6, 6.07) is 9.51. The summed E-state index contributed by atoms with van der Waals surface area (Å²) in [5.41, 5.74) is 2.34. The van der Waals surface area contributed by atoms with Crippen molar-refractivity contribution in [1.29, 1.82) is 0 Å². The SMILES string of the molecule is CC(C)c1cc(C(=O)N2CCNC(=O)C2)c2ccccc2n1. The molecule has 3 rings (SSSR count). The van der Waals surface area contributed by atoms with E-state index in [1.165, 1.54) is 0 Å². The van der Waals surface area contributed by atoms with Gasteiger partial charge in [0.15, 0.2) is 0 Å². The highest BCUT2D eigenvalue weighted by Gasteiger charge is 2.24. The van der Waals surface area contributed by atoms with Crippen LogP contribution in [-0.2, 0) is 4.79 Å². The summed E-state index contributed by atoms with van der Waals surface area (Å²) in [7, 11) is 0. The standard InChI is InChI=1S/C17H19N3O2/c1-11(2)15-9-13(12-5-3-4-6-14(12)19-15)17(22)20-8-7-18-16(21)10-20/h3-6,9,11H,7-8,10H2,1-2H3,(H,18,21). The third-order valence-corrected chi connectivity index (χ3v) is 3.88. The van der Waals surface area contributed by atoms with Crippen molar-refractivity contribution in [3.05, 3.63) is 41.6 Å². The molecular formula is C17H19N3O2. The monoisotopic (exact) mass is 297 g/mol. The minimum absolute atomic E-state index is 0.102. The summed E-state index contributed by atoms with van der Waals surface area (Å²) in [6.07, 6.45) is 0. The van der Waals surface area contributed by atoms with Crippen molar-refractivity contribution < 1.29 is 9.59 Å². The first-order valence-electron chi connectivity index (χ1n) is 7.52. The maximum absolute atomic E-state index is 12.9. The van der Waals surface area contributed by atoms with Crippen LogP contribution in [0.4, 0.5) is 0 Å². The maximum Gasteiger partial charge on any atom is 0.255 e. The summed E-state index contributed by atoms with van der Waals surface area (Å²) < 4.78 is 0. The minimum Gasteiger partial charge on any atom is -0.353 e. The second kappa shape index (κ2) is 5.75. The molecule has 1 aromatic heterocycles. The molecule has 1 saturated heterocycles. The fraction of sp³-hybridized carbons (Fsp3) is 0.353. The van der Waals surface area contributed by atoms with E-state index in [2.05, 4.69) is 24.1 Å². The minimum atomic E-state index is -0.109. The van der Waals surface area contributed by atoms with Crippen LogP contribution in [0.25, 0.3) is 10.9 Å².